The molecule has 0 bridgehead atoms. The third kappa shape index (κ3) is 6.54. The second-order valence-corrected chi connectivity index (χ2v) is 10.2. The van der Waals surface area contributed by atoms with Crippen LogP contribution in [-0.4, -0.2) is 52.7 Å². The van der Waals surface area contributed by atoms with Crippen molar-refractivity contribution in [1.29, 1.82) is 0 Å². The average Bonchev–Trinajstić information content (AvgIpc) is 2.72. The Hall–Kier alpha value is -1.41. The number of amides is 1. The van der Waals surface area contributed by atoms with E-state index in [2.05, 4.69) is 4.98 Å². The van der Waals surface area contributed by atoms with E-state index in [1.54, 1.807) is 17.2 Å². The van der Waals surface area contributed by atoms with E-state index in [4.69, 9.17) is 25.8 Å². The van der Waals surface area contributed by atoms with Crippen LogP contribution in [0.15, 0.2) is 12.3 Å². The zero-order valence-corrected chi connectivity index (χ0v) is 19.8. The van der Waals surface area contributed by atoms with Gasteiger partial charge >= 0.3 is 6.09 Å². The molecule has 7 nitrogen and oxygen atoms in total. The summed E-state index contributed by atoms with van der Waals surface area (Å²) in [5, 5.41) is 11.6. The number of carbonyl (C=O) groups excluding carboxylic acids is 1. The number of hydrogen-bond acceptors (Lipinski definition) is 6. The fourth-order valence-electron chi connectivity index (χ4n) is 3.96. The number of halogens is 1. The van der Waals surface area contributed by atoms with E-state index < -0.39 is 17.1 Å². The van der Waals surface area contributed by atoms with Crippen molar-refractivity contribution in [3.8, 4) is 0 Å². The molecule has 8 heteroatoms. The van der Waals surface area contributed by atoms with Crippen molar-refractivity contribution >= 4 is 17.7 Å². The van der Waals surface area contributed by atoms with Gasteiger partial charge in [-0.05, 0) is 58.9 Å². The molecule has 2 aliphatic rings. The third-order valence-corrected chi connectivity index (χ3v) is 6.33. The number of piperidine rings is 1. The van der Waals surface area contributed by atoms with Crippen molar-refractivity contribution in [2.24, 2.45) is 5.41 Å². The van der Waals surface area contributed by atoms with Crippen molar-refractivity contribution in [1.82, 2.24) is 9.88 Å². The molecule has 1 aromatic heterocycles. The number of ether oxygens (including phenoxy) is 3. The van der Waals surface area contributed by atoms with Gasteiger partial charge in [0.1, 0.15) is 5.60 Å². The number of nitrogens with zero attached hydrogens (tertiary/aromatic N) is 2. The van der Waals surface area contributed by atoms with E-state index in [-0.39, 0.29) is 12.4 Å². The molecule has 3 rings (SSSR count). The summed E-state index contributed by atoms with van der Waals surface area (Å²) in [7, 11) is 0. The summed E-state index contributed by atoms with van der Waals surface area (Å²) in [5.41, 5.74) is 0.385. The van der Waals surface area contributed by atoms with Gasteiger partial charge in [0.25, 0.3) is 0 Å². The van der Waals surface area contributed by atoms with Gasteiger partial charge in [-0.1, -0.05) is 18.5 Å². The van der Waals surface area contributed by atoms with Crippen molar-refractivity contribution < 1.29 is 24.1 Å². The minimum atomic E-state index is -0.773. The molecular formula is C23H35ClN2O5. The lowest BCUT2D eigenvalue weighted by molar-refractivity contribution is -0.169. The second-order valence-electron chi connectivity index (χ2n) is 9.83. The van der Waals surface area contributed by atoms with E-state index in [1.807, 2.05) is 27.7 Å². The van der Waals surface area contributed by atoms with E-state index in [9.17, 15) is 9.90 Å². The molecule has 2 saturated heterocycles. The SMILES string of the molecule is CC(C)(C)OC(=O)N1CCC(C)(C(O)c2cnc(COC3CCCCO3)cc2Cl)CC1. The predicted octanol–water partition coefficient (Wildman–Crippen LogP) is 4.85. The third-order valence-electron chi connectivity index (χ3n) is 6.01. The molecule has 3 heterocycles. The zero-order valence-electron chi connectivity index (χ0n) is 19.0. The van der Waals surface area contributed by atoms with Crippen LogP contribution in [0.4, 0.5) is 4.79 Å². The zero-order chi connectivity index (χ0) is 22.6. The molecule has 2 unspecified atom stereocenters. The quantitative estimate of drug-likeness (QED) is 0.684. The molecule has 0 aromatic carbocycles. The van der Waals surface area contributed by atoms with Gasteiger partial charge in [-0.15, -0.1) is 0 Å². The lowest BCUT2D eigenvalue weighted by Gasteiger charge is -2.42. The highest BCUT2D eigenvalue weighted by molar-refractivity contribution is 6.31. The maximum atomic E-state index is 12.3. The Kier molecular flexibility index (Phi) is 7.84. The number of rotatable bonds is 5. The largest absolute Gasteiger partial charge is 0.444 e. The van der Waals surface area contributed by atoms with Crippen LogP contribution in [0.3, 0.4) is 0 Å². The molecule has 2 atom stereocenters. The van der Waals surface area contributed by atoms with Crippen LogP contribution in [0, 0.1) is 5.41 Å². The Morgan fingerprint density at radius 2 is 2.10 bits per heavy atom. The van der Waals surface area contributed by atoms with Crippen molar-refractivity contribution in [2.75, 3.05) is 19.7 Å². The number of aromatic nitrogens is 1. The first-order chi connectivity index (χ1) is 14.6. The number of carbonyl (C=O) groups is 1. The van der Waals surface area contributed by atoms with Crippen LogP contribution in [0.2, 0.25) is 5.02 Å². The topological polar surface area (TPSA) is 81.1 Å². The van der Waals surface area contributed by atoms with Gasteiger partial charge < -0.3 is 24.2 Å². The Bertz CT molecular complexity index is 753. The van der Waals surface area contributed by atoms with Crippen LogP contribution in [0.5, 0.6) is 0 Å². The van der Waals surface area contributed by atoms with Crippen LogP contribution in [0.1, 0.15) is 77.2 Å². The fourth-order valence-corrected chi connectivity index (χ4v) is 4.24. The Morgan fingerprint density at radius 3 is 2.68 bits per heavy atom. The highest BCUT2D eigenvalue weighted by atomic mass is 35.5. The molecule has 174 valence electrons. The average molecular weight is 455 g/mol. The van der Waals surface area contributed by atoms with Crippen LogP contribution in [0.25, 0.3) is 0 Å². The monoisotopic (exact) mass is 454 g/mol. The first-order valence-electron chi connectivity index (χ1n) is 11.1. The molecule has 1 N–H and O–H groups in total. The number of aliphatic hydroxyl groups excluding tert-OH is 1. The molecular weight excluding hydrogens is 420 g/mol. The number of hydrogen-bond donors (Lipinski definition) is 1. The van der Waals surface area contributed by atoms with Crippen molar-refractivity contribution in [3.05, 3.63) is 28.5 Å². The van der Waals surface area contributed by atoms with Gasteiger partial charge in [-0.2, -0.15) is 0 Å². The van der Waals surface area contributed by atoms with Gasteiger partial charge in [0.2, 0.25) is 0 Å². The number of likely N-dealkylation sites (tertiary alicyclic amines) is 1. The van der Waals surface area contributed by atoms with E-state index in [0.29, 0.717) is 48.8 Å². The summed E-state index contributed by atoms with van der Waals surface area (Å²) in [6, 6.07) is 1.75. The van der Waals surface area contributed by atoms with Gasteiger partial charge in [-0.3, -0.25) is 4.98 Å². The van der Waals surface area contributed by atoms with Gasteiger partial charge in [0.05, 0.1) is 18.4 Å². The van der Waals surface area contributed by atoms with Crippen molar-refractivity contribution in [2.45, 2.75) is 84.4 Å². The van der Waals surface area contributed by atoms with Crippen LogP contribution >= 0.6 is 11.6 Å². The number of aliphatic hydroxyl groups is 1. The molecule has 31 heavy (non-hydrogen) atoms. The second kappa shape index (κ2) is 10.0. The van der Waals surface area contributed by atoms with Crippen molar-refractivity contribution in [3.63, 3.8) is 0 Å². The van der Waals surface area contributed by atoms with Gasteiger partial charge in [-0.25, -0.2) is 4.79 Å². The Labute approximate surface area is 190 Å². The molecule has 1 amide bonds. The first-order valence-corrected chi connectivity index (χ1v) is 11.5. The lowest BCUT2D eigenvalue weighted by atomic mass is 9.73. The Morgan fingerprint density at radius 1 is 1.39 bits per heavy atom. The van der Waals surface area contributed by atoms with Crippen LogP contribution < -0.4 is 0 Å². The smallest absolute Gasteiger partial charge is 0.410 e. The number of pyridine rings is 1. The minimum Gasteiger partial charge on any atom is -0.444 e. The molecule has 0 spiro atoms. The molecule has 0 aliphatic carbocycles. The van der Waals surface area contributed by atoms with Crippen LogP contribution in [-0.2, 0) is 20.8 Å². The normalized spacial score (nSPS) is 22.8. The predicted molar refractivity (Wildman–Crippen MR) is 118 cm³/mol. The summed E-state index contributed by atoms with van der Waals surface area (Å²) in [6.07, 6.45) is 4.73. The van der Waals surface area contributed by atoms with Gasteiger partial charge in [0, 0.05) is 41.9 Å². The first kappa shape index (κ1) is 24.2. The standard InChI is InChI=1S/C23H35ClN2O5/c1-22(2,3)31-21(28)26-10-8-23(4,9-11-26)20(27)17-14-25-16(13-18(17)24)15-30-19-7-5-6-12-29-19/h13-14,19-20,27H,5-12,15H2,1-4H3. The maximum Gasteiger partial charge on any atom is 0.410 e. The van der Waals surface area contributed by atoms with E-state index in [0.717, 1.165) is 25.9 Å². The lowest BCUT2D eigenvalue weighted by Crippen LogP contribution is -2.46. The minimum absolute atomic E-state index is 0.186. The molecule has 2 fully saturated rings. The van der Waals surface area contributed by atoms with E-state index >= 15 is 0 Å². The molecule has 0 radical (unpaired) electrons. The fraction of sp³-hybridized carbons (Fsp3) is 0.739. The molecule has 2 aliphatic heterocycles. The Balaban J connectivity index is 1.57. The summed E-state index contributed by atoms with van der Waals surface area (Å²) < 4.78 is 16.8. The molecule has 0 saturated carbocycles. The summed E-state index contributed by atoms with van der Waals surface area (Å²) >= 11 is 6.51. The maximum absolute atomic E-state index is 12.3. The highest BCUT2D eigenvalue weighted by Gasteiger charge is 2.40. The summed E-state index contributed by atoms with van der Waals surface area (Å²) in [4.78, 5) is 18.5. The molecule has 1 aromatic rings. The summed E-state index contributed by atoms with van der Waals surface area (Å²) in [5.74, 6) is 0. The van der Waals surface area contributed by atoms with E-state index in [1.165, 1.54) is 0 Å². The summed E-state index contributed by atoms with van der Waals surface area (Å²) in [6.45, 7) is 9.70. The highest BCUT2D eigenvalue weighted by Crippen LogP contribution is 2.44. The van der Waals surface area contributed by atoms with Gasteiger partial charge in [0.15, 0.2) is 6.29 Å².